The molecule has 4 rings (SSSR count). The molecule has 4 aromatic rings. The maximum atomic E-state index is 12.4. The highest BCUT2D eigenvalue weighted by Crippen LogP contribution is 2.33. The summed E-state index contributed by atoms with van der Waals surface area (Å²) < 4.78 is 11.1. The lowest BCUT2D eigenvalue weighted by Gasteiger charge is -2.07. The van der Waals surface area contributed by atoms with Crippen LogP contribution < -0.4 is 10.1 Å². The molecule has 0 aliphatic carbocycles. The maximum absolute atomic E-state index is 12.4. The molecule has 0 saturated heterocycles. The second-order valence-electron chi connectivity index (χ2n) is 6.14. The van der Waals surface area contributed by atoms with Crippen molar-refractivity contribution in [2.75, 3.05) is 18.2 Å². The zero-order valence-electron chi connectivity index (χ0n) is 15.6. The van der Waals surface area contributed by atoms with Crippen molar-refractivity contribution in [3.05, 3.63) is 54.4 Å². The van der Waals surface area contributed by atoms with Gasteiger partial charge in [0.15, 0.2) is 5.58 Å². The topological polar surface area (TPSA) is 77.2 Å². The summed E-state index contributed by atoms with van der Waals surface area (Å²) in [5, 5.41) is 4.52. The van der Waals surface area contributed by atoms with E-state index in [-0.39, 0.29) is 11.7 Å². The van der Waals surface area contributed by atoms with Crippen molar-refractivity contribution in [2.45, 2.75) is 18.4 Å². The monoisotopic (exact) mass is 393 g/mol. The maximum Gasteiger partial charge on any atom is 0.234 e. The number of nitrogens with one attached hydrogen (secondary N) is 1. The number of methoxy groups -OCH3 is 1. The number of benzene rings is 2. The first-order valence-electron chi connectivity index (χ1n) is 8.92. The third-order valence-electron chi connectivity index (χ3n) is 4.26. The van der Waals surface area contributed by atoms with E-state index in [0.717, 1.165) is 33.7 Å². The second-order valence-corrected chi connectivity index (χ2v) is 7.10. The molecule has 0 radical (unpaired) electrons. The number of furan rings is 1. The smallest absolute Gasteiger partial charge is 0.234 e. The highest BCUT2D eigenvalue weighted by molar-refractivity contribution is 8.00. The van der Waals surface area contributed by atoms with Gasteiger partial charge in [0, 0.05) is 17.5 Å². The number of hydrogen-bond donors (Lipinski definition) is 1. The summed E-state index contributed by atoms with van der Waals surface area (Å²) in [7, 11) is 1.61. The van der Waals surface area contributed by atoms with Gasteiger partial charge in [-0.05, 0) is 36.4 Å². The summed E-state index contributed by atoms with van der Waals surface area (Å²) in [4.78, 5) is 21.6. The van der Waals surface area contributed by atoms with Crippen molar-refractivity contribution >= 4 is 45.4 Å². The average molecular weight is 393 g/mol. The first-order valence-corrected chi connectivity index (χ1v) is 9.91. The molecule has 6 nitrogen and oxygen atoms in total. The molecule has 7 heteroatoms. The van der Waals surface area contributed by atoms with Gasteiger partial charge in [-0.3, -0.25) is 4.79 Å². The SMILES string of the molecule is CCc1nc(SCC(=O)Nc2ccc(OC)cc2)c2oc3ccccc3c2n1. The van der Waals surface area contributed by atoms with E-state index in [1.165, 1.54) is 11.8 Å². The van der Waals surface area contributed by atoms with Crippen molar-refractivity contribution in [3.8, 4) is 5.75 Å². The number of aromatic nitrogens is 2. The fourth-order valence-electron chi connectivity index (χ4n) is 2.87. The van der Waals surface area contributed by atoms with Crippen LogP contribution in [0.3, 0.4) is 0 Å². The van der Waals surface area contributed by atoms with Crippen molar-refractivity contribution in [3.63, 3.8) is 0 Å². The van der Waals surface area contributed by atoms with Crippen LogP contribution in [0.25, 0.3) is 22.1 Å². The molecule has 142 valence electrons. The average Bonchev–Trinajstić information content (AvgIpc) is 3.11. The van der Waals surface area contributed by atoms with Crippen molar-refractivity contribution < 1.29 is 13.9 Å². The number of carbonyl (C=O) groups excluding carboxylic acids is 1. The Hall–Kier alpha value is -3.06. The Morgan fingerprint density at radius 3 is 2.68 bits per heavy atom. The number of fused-ring (bicyclic) bond motifs is 3. The highest BCUT2D eigenvalue weighted by Gasteiger charge is 2.16. The standard InChI is InChI=1S/C21H19N3O3S/c1-3-17-23-19-15-6-4-5-7-16(15)27-20(19)21(24-17)28-12-18(25)22-13-8-10-14(26-2)11-9-13/h4-11H,3,12H2,1-2H3,(H,22,25). The Labute approximate surface area is 166 Å². The summed E-state index contributed by atoms with van der Waals surface area (Å²) in [6.07, 6.45) is 0.709. The molecule has 2 aromatic heterocycles. The molecule has 0 unspecified atom stereocenters. The largest absolute Gasteiger partial charge is 0.497 e. The van der Waals surface area contributed by atoms with Gasteiger partial charge in [0.05, 0.1) is 12.9 Å². The first kappa shape index (κ1) is 18.3. The molecule has 0 atom stereocenters. The molecular weight excluding hydrogens is 374 g/mol. The molecule has 0 bridgehead atoms. The van der Waals surface area contributed by atoms with E-state index >= 15 is 0 Å². The highest BCUT2D eigenvalue weighted by atomic mass is 32.2. The molecule has 0 aliphatic heterocycles. The Morgan fingerprint density at radius 1 is 1.14 bits per heavy atom. The van der Waals surface area contributed by atoms with Gasteiger partial charge >= 0.3 is 0 Å². The summed E-state index contributed by atoms with van der Waals surface area (Å²) >= 11 is 1.35. The van der Waals surface area contributed by atoms with E-state index in [9.17, 15) is 4.79 Å². The molecule has 0 aliphatic rings. The van der Waals surface area contributed by atoms with Gasteiger partial charge in [0.25, 0.3) is 0 Å². The molecule has 0 spiro atoms. The zero-order chi connectivity index (χ0) is 19.5. The van der Waals surface area contributed by atoms with Crippen LogP contribution in [0, 0.1) is 0 Å². The fourth-order valence-corrected chi connectivity index (χ4v) is 3.65. The Kier molecular flexibility index (Phi) is 5.16. The summed E-state index contributed by atoms with van der Waals surface area (Å²) in [5.74, 6) is 1.58. The second kappa shape index (κ2) is 7.90. The minimum absolute atomic E-state index is 0.115. The molecule has 0 saturated carbocycles. The number of rotatable bonds is 6. The lowest BCUT2D eigenvalue weighted by Crippen LogP contribution is -2.14. The van der Waals surface area contributed by atoms with Crippen LogP contribution in [-0.2, 0) is 11.2 Å². The minimum atomic E-state index is -0.115. The van der Waals surface area contributed by atoms with Crippen molar-refractivity contribution in [1.82, 2.24) is 9.97 Å². The molecule has 0 fully saturated rings. The van der Waals surface area contributed by atoms with Gasteiger partial charge in [-0.1, -0.05) is 30.8 Å². The predicted molar refractivity (Wildman–Crippen MR) is 111 cm³/mol. The van der Waals surface area contributed by atoms with Gasteiger partial charge < -0.3 is 14.5 Å². The Morgan fingerprint density at radius 2 is 1.93 bits per heavy atom. The van der Waals surface area contributed by atoms with Crippen LogP contribution in [0.1, 0.15) is 12.7 Å². The first-order chi connectivity index (χ1) is 13.7. The van der Waals surface area contributed by atoms with E-state index in [1.54, 1.807) is 31.4 Å². The van der Waals surface area contributed by atoms with Gasteiger partial charge in [-0.25, -0.2) is 9.97 Å². The number of aryl methyl sites for hydroxylation is 1. The van der Waals surface area contributed by atoms with Gasteiger partial charge in [-0.15, -0.1) is 0 Å². The van der Waals surface area contributed by atoms with E-state index in [1.807, 2.05) is 31.2 Å². The molecule has 2 heterocycles. The van der Waals surface area contributed by atoms with Crippen LogP contribution in [0.4, 0.5) is 5.69 Å². The van der Waals surface area contributed by atoms with E-state index in [2.05, 4.69) is 15.3 Å². The number of amides is 1. The normalized spacial score (nSPS) is 11.1. The summed E-state index contributed by atoms with van der Waals surface area (Å²) in [6.45, 7) is 2.01. The third kappa shape index (κ3) is 3.66. The van der Waals surface area contributed by atoms with Crippen LogP contribution in [0.5, 0.6) is 5.75 Å². The Bertz CT molecular complexity index is 1140. The van der Waals surface area contributed by atoms with Crippen LogP contribution in [0.15, 0.2) is 58.0 Å². The van der Waals surface area contributed by atoms with Crippen LogP contribution in [-0.4, -0.2) is 28.7 Å². The van der Waals surface area contributed by atoms with Gasteiger partial charge in [0.2, 0.25) is 5.91 Å². The number of nitrogens with zero attached hydrogens (tertiary/aromatic N) is 2. The van der Waals surface area contributed by atoms with E-state index < -0.39 is 0 Å². The third-order valence-corrected chi connectivity index (χ3v) is 5.22. The molecule has 28 heavy (non-hydrogen) atoms. The number of hydrogen-bond acceptors (Lipinski definition) is 6. The lowest BCUT2D eigenvalue weighted by molar-refractivity contribution is -0.113. The van der Waals surface area contributed by atoms with E-state index in [0.29, 0.717) is 17.0 Å². The van der Waals surface area contributed by atoms with Gasteiger partial charge in [0.1, 0.15) is 27.7 Å². The zero-order valence-corrected chi connectivity index (χ0v) is 16.4. The fraction of sp³-hybridized carbons (Fsp3) is 0.190. The quantitative estimate of drug-likeness (QED) is 0.379. The van der Waals surface area contributed by atoms with E-state index in [4.69, 9.17) is 9.15 Å². The van der Waals surface area contributed by atoms with Crippen LogP contribution in [0.2, 0.25) is 0 Å². The van der Waals surface area contributed by atoms with Crippen molar-refractivity contribution in [1.29, 1.82) is 0 Å². The van der Waals surface area contributed by atoms with Crippen LogP contribution >= 0.6 is 11.8 Å². The molecule has 1 amide bonds. The molecular formula is C21H19N3O3S. The number of anilines is 1. The molecule has 1 N–H and O–H groups in total. The Balaban J connectivity index is 1.55. The predicted octanol–water partition coefficient (Wildman–Crippen LogP) is 4.68. The number of ether oxygens (including phenoxy) is 1. The summed E-state index contributed by atoms with van der Waals surface area (Å²) in [5.41, 5.74) is 2.91. The van der Waals surface area contributed by atoms with Gasteiger partial charge in [-0.2, -0.15) is 0 Å². The number of thioether (sulfide) groups is 1. The summed E-state index contributed by atoms with van der Waals surface area (Å²) in [6, 6.07) is 15.0. The molecule has 2 aromatic carbocycles. The number of para-hydroxylation sites is 1. The lowest BCUT2D eigenvalue weighted by atomic mass is 10.2. The minimum Gasteiger partial charge on any atom is -0.497 e. The van der Waals surface area contributed by atoms with Crippen molar-refractivity contribution in [2.24, 2.45) is 0 Å². The number of carbonyl (C=O) groups is 1.